The first-order chi connectivity index (χ1) is 13.0. The van der Waals surface area contributed by atoms with Gasteiger partial charge < -0.3 is 5.11 Å². The van der Waals surface area contributed by atoms with Crippen molar-refractivity contribution in [3.8, 4) is 0 Å². The Morgan fingerprint density at radius 3 is 2.30 bits per heavy atom. The summed E-state index contributed by atoms with van der Waals surface area (Å²) in [6.07, 6.45) is 12.1. The van der Waals surface area contributed by atoms with Crippen molar-refractivity contribution in [1.29, 1.82) is 0 Å². The number of halogens is 2. The topological polar surface area (TPSA) is 20.2 Å². The Balaban J connectivity index is 1.58. The van der Waals surface area contributed by atoms with Gasteiger partial charge in [0.15, 0.2) is 11.6 Å². The molecule has 27 heavy (non-hydrogen) atoms. The molecule has 0 aliphatic heterocycles. The van der Waals surface area contributed by atoms with E-state index in [0.29, 0.717) is 17.8 Å². The summed E-state index contributed by atoms with van der Waals surface area (Å²) in [5.74, 6) is -0.891. The average Bonchev–Trinajstić information content (AvgIpc) is 2.70. The molecule has 1 saturated carbocycles. The second-order valence-electron chi connectivity index (χ2n) is 8.13. The lowest BCUT2D eigenvalue weighted by Crippen LogP contribution is -2.12. The Morgan fingerprint density at radius 2 is 1.70 bits per heavy atom. The lowest BCUT2D eigenvalue weighted by atomic mass is 9.78. The Bertz CT molecular complexity index is 721. The minimum atomic E-state index is -0.864. The van der Waals surface area contributed by atoms with Crippen LogP contribution in [0.25, 0.3) is 0 Å². The van der Waals surface area contributed by atoms with Gasteiger partial charge in [0.05, 0.1) is 0 Å². The minimum absolute atomic E-state index is 0.0201. The van der Waals surface area contributed by atoms with Gasteiger partial charge in [-0.25, -0.2) is 8.78 Å². The van der Waals surface area contributed by atoms with Crippen molar-refractivity contribution in [2.75, 3.05) is 0 Å². The summed E-state index contributed by atoms with van der Waals surface area (Å²) in [5.41, 5.74) is 2.21. The van der Waals surface area contributed by atoms with E-state index in [-0.39, 0.29) is 12.3 Å². The van der Waals surface area contributed by atoms with Crippen LogP contribution < -0.4 is 0 Å². The molecule has 2 unspecified atom stereocenters. The number of aliphatic hydroxyl groups is 1. The van der Waals surface area contributed by atoms with Gasteiger partial charge in [0.25, 0.3) is 0 Å². The standard InChI is InChI=1S/C24H30F2O/c1-3-16(2)4-5-17-6-8-18(9-7-17)19-10-12-20(13-11-19)21-14-22(25)24(27)23(26)15-21/h4-5,10-14,16-18,21,27H,3,6-9,15H2,1-2H3/b5-4+. The van der Waals surface area contributed by atoms with Crippen molar-refractivity contribution >= 4 is 0 Å². The molecule has 1 aromatic rings. The number of allylic oxidation sites excluding steroid dienone is 5. The fourth-order valence-corrected chi connectivity index (χ4v) is 4.09. The summed E-state index contributed by atoms with van der Waals surface area (Å²) < 4.78 is 27.3. The van der Waals surface area contributed by atoms with E-state index in [1.165, 1.54) is 43.7 Å². The number of benzene rings is 1. The first-order valence-corrected chi connectivity index (χ1v) is 10.2. The van der Waals surface area contributed by atoms with Crippen molar-refractivity contribution in [3.63, 3.8) is 0 Å². The largest absolute Gasteiger partial charge is 0.503 e. The number of aliphatic hydroxyl groups excluding tert-OH is 1. The van der Waals surface area contributed by atoms with E-state index >= 15 is 0 Å². The molecule has 2 aliphatic carbocycles. The molecule has 3 rings (SSSR count). The van der Waals surface area contributed by atoms with E-state index in [4.69, 9.17) is 0 Å². The van der Waals surface area contributed by atoms with Crippen LogP contribution >= 0.6 is 0 Å². The molecule has 0 heterocycles. The molecule has 0 saturated heterocycles. The smallest absolute Gasteiger partial charge is 0.183 e. The summed E-state index contributed by atoms with van der Waals surface area (Å²) in [4.78, 5) is 0. The molecular formula is C24H30F2O. The Labute approximate surface area is 161 Å². The number of hydrogen-bond donors (Lipinski definition) is 1. The molecule has 0 radical (unpaired) electrons. The molecule has 1 N–H and O–H groups in total. The van der Waals surface area contributed by atoms with Gasteiger partial charge in [0.2, 0.25) is 0 Å². The van der Waals surface area contributed by atoms with Crippen molar-refractivity contribution < 1.29 is 13.9 Å². The van der Waals surface area contributed by atoms with Crippen molar-refractivity contribution in [1.82, 2.24) is 0 Å². The van der Waals surface area contributed by atoms with Gasteiger partial charge in [-0.1, -0.05) is 56.7 Å². The van der Waals surface area contributed by atoms with Crippen LogP contribution in [0.5, 0.6) is 0 Å². The van der Waals surface area contributed by atoms with Crippen LogP contribution in [0.1, 0.15) is 75.3 Å². The van der Waals surface area contributed by atoms with E-state index < -0.39 is 17.4 Å². The summed E-state index contributed by atoms with van der Waals surface area (Å²) in [6, 6.07) is 8.18. The Kier molecular flexibility index (Phi) is 6.51. The molecule has 2 atom stereocenters. The minimum Gasteiger partial charge on any atom is -0.503 e. The average molecular weight is 372 g/mol. The molecule has 0 aromatic heterocycles. The summed E-state index contributed by atoms with van der Waals surface area (Å²) in [5, 5.41) is 9.29. The highest BCUT2D eigenvalue weighted by Gasteiger charge is 2.25. The zero-order chi connectivity index (χ0) is 19.4. The predicted molar refractivity (Wildman–Crippen MR) is 107 cm³/mol. The highest BCUT2D eigenvalue weighted by Crippen LogP contribution is 2.39. The molecule has 3 heteroatoms. The number of hydrogen-bond acceptors (Lipinski definition) is 1. The van der Waals surface area contributed by atoms with Gasteiger partial charge in [0.1, 0.15) is 5.83 Å². The molecule has 2 aliphatic rings. The van der Waals surface area contributed by atoms with E-state index in [1.807, 2.05) is 12.1 Å². The normalized spacial score (nSPS) is 27.7. The lowest BCUT2D eigenvalue weighted by Gasteiger charge is -2.27. The van der Waals surface area contributed by atoms with Crippen molar-refractivity contribution in [3.05, 3.63) is 71.0 Å². The van der Waals surface area contributed by atoms with Crippen LogP contribution in [0, 0.1) is 11.8 Å². The van der Waals surface area contributed by atoms with Gasteiger partial charge in [0, 0.05) is 12.3 Å². The Morgan fingerprint density at radius 1 is 1.07 bits per heavy atom. The first-order valence-electron chi connectivity index (χ1n) is 10.2. The maximum atomic E-state index is 13.6. The van der Waals surface area contributed by atoms with Crippen LogP contribution in [0.3, 0.4) is 0 Å². The fourth-order valence-electron chi connectivity index (χ4n) is 4.09. The molecule has 1 nitrogen and oxygen atoms in total. The molecule has 1 fully saturated rings. The first kappa shape index (κ1) is 19.9. The molecular weight excluding hydrogens is 342 g/mol. The number of rotatable bonds is 5. The third kappa shape index (κ3) is 4.88. The van der Waals surface area contributed by atoms with Gasteiger partial charge in [-0.15, -0.1) is 0 Å². The fraction of sp³-hybridized carbons (Fsp3) is 0.500. The molecule has 0 amide bonds. The second kappa shape index (κ2) is 8.86. The van der Waals surface area contributed by atoms with Gasteiger partial charge in [-0.05, 0) is 60.6 Å². The van der Waals surface area contributed by atoms with Crippen LogP contribution in [0.4, 0.5) is 8.78 Å². The van der Waals surface area contributed by atoms with E-state index in [2.05, 4.69) is 38.1 Å². The maximum absolute atomic E-state index is 13.6. The predicted octanol–water partition coefficient (Wildman–Crippen LogP) is 7.64. The molecule has 1 aromatic carbocycles. The van der Waals surface area contributed by atoms with E-state index in [1.54, 1.807) is 0 Å². The van der Waals surface area contributed by atoms with Gasteiger partial charge in [-0.3, -0.25) is 0 Å². The van der Waals surface area contributed by atoms with Crippen LogP contribution in [0.15, 0.2) is 59.9 Å². The van der Waals surface area contributed by atoms with Gasteiger partial charge >= 0.3 is 0 Å². The van der Waals surface area contributed by atoms with E-state index in [0.717, 1.165) is 5.56 Å². The third-order valence-electron chi connectivity index (χ3n) is 6.19. The highest BCUT2D eigenvalue weighted by molar-refractivity contribution is 5.37. The zero-order valence-corrected chi connectivity index (χ0v) is 16.3. The van der Waals surface area contributed by atoms with Crippen LogP contribution in [-0.4, -0.2) is 5.11 Å². The molecule has 0 bridgehead atoms. The molecule has 0 spiro atoms. The monoisotopic (exact) mass is 372 g/mol. The van der Waals surface area contributed by atoms with Crippen molar-refractivity contribution in [2.45, 2.75) is 64.2 Å². The molecule has 146 valence electrons. The van der Waals surface area contributed by atoms with Crippen LogP contribution in [0.2, 0.25) is 0 Å². The lowest BCUT2D eigenvalue weighted by molar-refractivity contribution is 0.343. The summed E-state index contributed by atoms with van der Waals surface area (Å²) in [6.45, 7) is 4.49. The van der Waals surface area contributed by atoms with Crippen LogP contribution in [-0.2, 0) is 0 Å². The zero-order valence-electron chi connectivity index (χ0n) is 16.3. The summed E-state index contributed by atoms with van der Waals surface area (Å²) >= 11 is 0. The quantitative estimate of drug-likeness (QED) is 0.526. The maximum Gasteiger partial charge on any atom is 0.183 e. The third-order valence-corrected chi connectivity index (χ3v) is 6.19. The Hall–Kier alpha value is -1.90. The van der Waals surface area contributed by atoms with Gasteiger partial charge in [-0.2, -0.15) is 0 Å². The highest BCUT2D eigenvalue weighted by atomic mass is 19.1. The SMILES string of the molecule is CCC(C)/C=C/C1CCC(c2ccc(C3C=C(F)C(O)=C(F)C3)cc2)CC1. The second-order valence-corrected chi connectivity index (χ2v) is 8.13. The summed E-state index contributed by atoms with van der Waals surface area (Å²) in [7, 11) is 0. The van der Waals surface area contributed by atoms with Crippen molar-refractivity contribution in [2.24, 2.45) is 11.8 Å². The van der Waals surface area contributed by atoms with E-state index in [9.17, 15) is 13.9 Å².